The largest absolute Gasteiger partial charge is 1.00 e. The predicted octanol–water partition coefficient (Wildman–Crippen LogP) is -3.81. The maximum Gasteiger partial charge on any atom is 1.00 e. The fraction of sp³-hybridized carbons (Fsp3) is 0.500. The summed E-state index contributed by atoms with van der Waals surface area (Å²) in [5, 5.41) is 27.3. The van der Waals surface area contributed by atoms with Gasteiger partial charge in [0.15, 0.2) is 0 Å². The number of carbonyl (C=O) groups is 1. The van der Waals surface area contributed by atoms with Gasteiger partial charge in [0.25, 0.3) is 6.47 Å². The van der Waals surface area contributed by atoms with Crippen molar-refractivity contribution in [1.82, 2.24) is 0 Å². The van der Waals surface area contributed by atoms with Gasteiger partial charge in [-0.15, -0.1) is 0 Å². The minimum absolute atomic E-state index is 0. The predicted molar refractivity (Wildman–Crippen MR) is 70.2 cm³/mol. The van der Waals surface area contributed by atoms with E-state index in [0.29, 0.717) is 12.2 Å². The van der Waals surface area contributed by atoms with Crippen LogP contribution in [-0.2, 0) is 20.9 Å². The van der Waals surface area contributed by atoms with Crippen LogP contribution in [0.25, 0.3) is 0 Å². The van der Waals surface area contributed by atoms with E-state index in [4.69, 9.17) is 14.6 Å². The number of hydrogen-bond acceptors (Lipinski definition) is 7. The molecule has 2 N–H and O–H groups in total. The van der Waals surface area contributed by atoms with Crippen LogP contribution in [0.2, 0.25) is 0 Å². The van der Waals surface area contributed by atoms with Gasteiger partial charge in [-0.25, -0.2) is 0 Å². The summed E-state index contributed by atoms with van der Waals surface area (Å²) < 4.78 is 15.3. The van der Waals surface area contributed by atoms with Crippen LogP contribution >= 0.6 is 0 Å². The maximum atomic E-state index is 10.1. The van der Waals surface area contributed by atoms with Gasteiger partial charge >= 0.3 is 51.4 Å². The van der Waals surface area contributed by atoms with E-state index in [9.17, 15) is 15.0 Å². The number of aliphatic hydroxyl groups excluding tert-OH is 2. The van der Waals surface area contributed by atoms with Crippen LogP contribution in [0, 0.1) is 0 Å². The van der Waals surface area contributed by atoms with E-state index in [0.717, 1.165) is 12.7 Å². The first kappa shape index (κ1) is 22.0. The number of rotatable bonds is 5. The fourth-order valence-electron chi connectivity index (χ4n) is 1.82. The summed E-state index contributed by atoms with van der Waals surface area (Å²) in [6, 6.07) is 6.90. The minimum Gasteiger partial charge on any atom is -0.857 e. The van der Waals surface area contributed by atoms with E-state index in [2.05, 4.69) is 4.74 Å². The second-order valence-electron chi connectivity index (χ2n) is 4.33. The maximum absolute atomic E-state index is 10.1. The van der Waals surface area contributed by atoms with E-state index < -0.39 is 18.5 Å². The van der Waals surface area contributed by atoms with Gasteiger partial charge in [0.05, 0.1) is 12.7 Å². The van der Waals surface area contributed by atoms with Gasteiger partial charge in [0, 0.05) is 6.42 Å². The topological polar surface area (TPSA) is 108 Å². The third-order valence-electron chi connectivity index (χ3n) is 2.77. The van der Waals surface area contributed by atoms with Crippen molar-refractivity contribution < 1.29 is 85.7 Å². The zero-order valence-electron chi connectivity index (χ0n) is 12.7. The number of aliphatic hydroxyl groups is 2. The number of benzene rings is 1. The molecular weight excluding hydrogens is 319 g/mol. The van der Waals surface area contributed by atoms with Crippen molar-refractivity contribution in [3.63, 3.8) is 0 Å². The number of hydrogen-bond donors (Lipinski definition) is 2. The molecule has 3 unspecified atom stereocenters. The molecule has 0 saturated carbocycles. The van der Waals surface area contributed by atoms with Crippen molar-refractivity contribution in [2.24, 2.45) is 0 Å². The van der Waals surface area contributed by atoms with Gasteiger partial charge in [-0.1, -0.05) is 12.1 Å². The average Bonchev–Trinajstić information content (AvgIpc) is 2.51. The van der Waals surface area contributed by atoms with E-state index in [1.807, 2.05) is 0 Å². The van der Waals surface area contributed by atoms with E-state index >= 15 is 0 Å². The molecule has 2 rings (SSSR count). The molecule has 8 heteroatoms. The minimum atomic E-state index is -0.859. The second kappa shape index (κ2) is 12.4. The van der Waals surface area contributed by atoms with Crippen LogP contribution < -0.4 is 61.2 Å². The molecule has 0 spiro atoms. The first-order valence-corrected chi connectivity index (χ1v) is 6.38. The van der Waals surface area contributed by atoms with Crippen LogP contribution in [0.15, 0.2) is 24.3 Å². The van der Waals surface area contributed by atoms with E-state index in [1.54, 1.807) is 24.3 Å². The number of carbonyl (C=O) groups excluding carboxylic acids is 1. The Bertz CT molecular complexity index is 412. The molecule has 1 heterocycles. The smallest absolute Gasteiger partial charge is 0.857 e. The Morgan fingerprint density at radius 3 is 2.50 bits per heavy atom. The van der Waals surface area contributed by atoms with E-state index in [1.165, 1.54) is 0 Å². The Kier molecular flexibility index (Phi) is 12.4. The third kappa shape index (κ3) is 7.49. The normalized spacial score (nSPS) is 23.4. The molecule has 22 heavy (non-hydrogen) atoms. The summed E-state index contributed by atoms with van der Waals surface area (Å²) in [7, 11) is 0.750. The molecule has 1 aromatic carbocycles. The van der Waals surface area contributed by atoms with Gasteiger partial charge < -0.3 is 29.5 Å². The third-order valence-corrected chi connectivity index (χ3v) is 2.77. The first-order valence-electron chi connectivity index (χ1n) is 6.38. The molecule has 1 aliphatic heterocycles. The molecule has 1 saturated heterocycles. The summed E-state index contributed by atoms with van der Waals surface area (Å²) >= 11 is 0. The number of ether oxygens (including phenoxy) is 3. The van der Waals surface area contributed by atoms with Crippen molar-refractivity contribution in [3.05, 3.63) is 29.8 Å². The zero-order chi connectivity index (χ0) is 15.7. The van der Waals surface area contributed by atoms with Gasteiger partial charge in [-0.2, -0.15) is 7.11 Å². The molecule has 1 aliphatic rings. The summed E-state index contributed by atoms with van der Waals surface area (Å²) in [6.07, 6.45) is -2.06. The SMILES string of the molecule is C[O-].O=COCc1ccc(OC2OCC(O)CC2O)cc1.[K+]. The van der Waals surface area contributed by atoms with Gasteiger partial charge in [0.1, 0.15) is 18.5 Å². The Morgan fingerprint density at radius 2 is 1.95 bits per heavy atom. The van der Waals surface area contributed by atoms with Crippen molar-refractivity contribution in [2.75, 3.05) is 13.7 Å². The van der Waals surface area contributed by atoms with Gasteiger partial charge in [-0.3, -0.25) is 4.79 Å². The monoisotopic (exact) mass is 338 g/mol. The Hall–Kier alpha value is -0.0336. The molecule has 3 atom stereocenters. The molecule has 0 radical (unpaired) electrons. The summed E-state index contributed by atoms with van der Waals surface area (Å²) in [5.74, 6) is 0.537. The zero-order valence-corrected chi connectivity index (χ0v) is 15.8. The summed E-state index contributed by atoms with van der Waals surface area (Å²) in [5.41, 5.74) is 0.833. The van der Waals surface area contributed by atoms with Crippen LogP contribution in [-0.4, -0.2) is 48.9 Å². The molecule has 0 bridgehead atoms. The van der Waals surface area contributed by atoms with Gasteiger partial charge in [-0.05, 0) is 17.7 Å². The first-order chi connectivity index (χ1) is 10.2. The van der Waals surface area contributed by atoms with Crippen LogP contribution in [0.1, 0.15) is 12.0 Å². The average molecular weight is 338 g/mol. The molecule has 118 valence electrons. The quantitative estimate of drug-likeness (QED) is 0.418. The molecule has 7 nitrogen and oxygen atoms in total. The van der Waals surface area contributed by atoms with Crippen LogP contribution in [0.3, 0.4) is 0 Å². The molecule has 0 amide bonds. The summed E-state index contributed by atoms with van der Waals surface area (Å²) in [4.78, 5) is 10.1. The van der Waals surface area contributed by atoms with Crippen molar-refractivity contribution >= 4 is 6.47 Å². The van der Waals surface area contributed by atoms with E-state index in [-0.39, 0.29) is 71.0 Å². The Labute approximate surface area is 171 Å². The molecule has 1 fully saturated rings. The fourth-order valence-corrected chi connectivity index (χ4v) is 1.82. The van der Waals surface area contributed by atoms with Crippen LogP contribution in [0.5, 0.6) is 5.75 Å². The molecule has 0 aromatic heterocycles. The Balaban J connectivity index is 0.00000141. The van der Waals surface area contributed by atoms with Crippen molar-refractivity contribution in [2.45, 2.75) is 31.5 Å². The van der Waals surface area contributed by atoms with Crippen molar-refractivity contribution in [1.29, 1.82) is 0 Å². The molecule has 0 aliphatic carbocycles. The summed E-state index contributed by atoms with van der Waals surface area (Å²) in [6.45, 7) is 0.744. The van der Waals surface area contributed by atoms with Crippen molar-refractivity contribution in [3.8, 4) is 5.75 Å². The molecular formula is C14H19KO7. The standard InChI is InChI=1S/C13H16O6.CH3O.K/c14-8-17-6-9-1-3-11(4-2-9)19-13-12(16)5-10(15)7-18-13;1-2;/h1-4,8,10,12-13,15-16H,5-7H2;1H3;/q;-1;+1. The second-order valence-corrected chi connectivity index (χ2v) is 4.33. The van der Waals surface area contributed by atoms with Gasteiger partial charge in [0.2, 0.25) is 6.29 Å². The Morgan fingerprint density at radius 1 is 1.32 bits per heavy atom. The van der Waals surface area contributed by atoms with Crippen LogP contribution in [0.4, 0.5) is 0 Å². The molecule has 1 aromatic rings.